The standard InChI is InChI=1S/C40H80NO8P/c1-6-8-10-12-14-16-18-20-22-24-26-28-30-32-39(42)46-36-38(49-50(44,45)48-35-34-41(3,4)5)37-47-40(43)33-31-29-27-25-23-21-19-17-15-13-11-9-7-2/h38H,6-37H2,1-5H3/p+1. The molecule has 298 valence electrons. The van der Waals surface area contributed by atoms with Gasteiger partial charge in [0.05, 0.1) is 21.1 Å². The van der Waals surface area contributed by atoms with E-state index in [4.69, 9.17) is 18.5 Å². The summed E-state index contributed by atoms with van der Waals surface area (Å²) in [7, 11) is 1.39. The van der Waals surface area contributed by atoms with Crippen molar-refractivity contribution in [2.75, 3.05) is 47.5 Å². The summed E-state index contributed by atoms with van der Waals surface area (Å²) in [6.45, 7) is 4.45. The van der Waals surface area contributed by atoms with Crippen LogP contribution in [0.1, 0.15) is 194 Å². The van der Waals surface area contributed by atoms with Crippen LogP contribution in [0, 0.1) is 0 Å². The minimum Gasteiger partial charge on any atom is -0.463 e. The van der Waals surface area contributed by atoms with E-state index in [1.807, 2.05) is 21.1 Å². The number of phosphoric acid groups is 1. The maximum Gasteiger partial charge on any atom is 0.472 e. The molecule has 1 unspecified atom stereocenters. The highest BCUT2D eigenvalue weighted by Gasteiger charge is 2.29. The fraction of sp³-hybridized carbons (Fsp3) is 0.950. The third-order valence-electron chi connectivity index (χ3n) is 9.13. The number of carbonyl (C=O) groups excluding carboxylic acids is 2. The lowest BCUT2D eigenvalue weighted by atomic mass is 10.0. The monoisotopic (exact) mass is 735 g/mol. The van der Waals surface area contributed by atoms with Crippen LogP contribution >= 0.6 is 7.82 Å². The van der Waals surface area contributed by atoms with Crippen LogP contribution < -0.4 is 0 Å². The molecule has 0 saturated carbocycles. The molecule has 0 bridgehead atoms. The first kappa shape index (κ1) is 49.0. The van der Waals surface area contributed by atoms with Crippen LogP contribution in [0.25, 0.3) is 0 Å². The van der Waals surface area contributed by atoms with E-state index in [0.717, 1.165) is 38.5 Å². The van der Waals surface area contributed by atoms with Gasteiger partial charge in [0, 0.05) is 12.8 Å². The van der Waals surface area contributed by atoms with Gasteiger partial charge >= 0.3 is 19.8 Å². The minimum atomic E-state index is -4.45. The second-order valence-electron chi connectivity index (χ2n) is 15.4. The molecule has 0 spiro atoms. The number of phosphoric ester groups is 1. The minimum absolute atomic E-state index is 0.0155. The van der Waals surface area contributed by atoms with Crippen LogP contribution in [0.2, 0.25) is 0 Å². The molecule has 0 aliphatic carbocycles. The van der Waals surface area contributed by atoms with Crippen molar-refractivity contribution in [1.82, 2.24) is 0 Å². The Morgan fingerprint density at radius 1 is 0.540 bits per heavy atom. The van der Waals surface area contributed by atoms with Crippen molar-refractivity contribution >= 4 is 19.8 Å². The molecule has 10 heteroatoms. The summed E-state index contributed by atoms with van der Waals surface area (Å²) in [5.74, 6) is -0.780. The van der Waals surface area contributed by atoms with Crippen molar-refractivity contribution in [3.8, 4) is 0 Å². The molecule has 0 heterocycles. The zero-order valence-corrected chi connectivity index (χ0v) is 34.3. The molecule has 50 heavy (non-hydrogen) atoms. The maximum absolute atomic E-state index is 12.6. The lowest BCUT2D eigenvalue weighted by molar-refractivity contribution is -0.870. The van der Waals surface area contributed by atoms with Crippen molar-refractivity contribution in [2.24, 2.45) is 0 Å². The van der Waals surface area contributed by atoms with Gasteiger partial charge in [0.25, 0.3) is 0 Å². The molecule has 0 aromatic heterocycles. The van der Waals surface area contributed by atoms with Crippen LogP contribution in [0.15, 0.2) is 0 Å². The summed E-state index contributed by atoms with van der Waals surface area (Å²) in [6, 6.07) is 0. The fourth-order valence-corrected chi connectivity index (χ4v) is 6.72. The Hall–Kier alpha value is -0.990. The average Bonchev–Trinajstić information content (AvgIpc) is 3.05. The summed E-state index contributed by atoms with van der Waals surface area (Å²) in [5, 5.41) is 0. The normalized spacial score (nSPS) is 13.1. The number of hydrogen-bond donors (Lipinski definition) is 1. The van der Waals surface area contributed by atoms with E-state index in [1.54, 1.807) is 0 Å². The quantitative estimate of drug-likeness (QED) is 0.0289. The molecule has 0 rings (SSSR count). The number of ether oxygens (including phenoxy) is 2. The van der Waals surface area contributed by atoms with Crippen molar-refractivity contribution in [3.63, 3.8) is 0 Å². The zero-order chi connectivity index (χ0) is 37.2. The van der Waals surface area contributed by atoms with Crippen LogP contribution in [-0.4, -0.2) is 74.9 Å². The summed E-state index contributed by atoms with van der Waals surface area (Å²) in [4.78, 5) is 35.2. The van der Waals surface area contributed by atoms with E-state index in [0.29, 0.717) is 11.0 Å². The van der Waals surface area contributed by atoms with E-state index in [1.165, 1.54) is 128 Å². The predicted molar refractivity (Wildman–Crippen MR) is 206 cm³/mol. The molecule has 0 amide bonds. The number of unbranched alkanes of at least 4 members (excludes halogenated alkanes) is 24. The Morgan fingerprint density at radius 2 is 0.840 bits per heavy atom. The Bertz CT molecular complexity index is 789. The van der Waals surface area contributed by atoms with Gasteiger partial charge in [0.15, 0.2) is 0 Å². The number of likely N-dealkylation sites (N-methyl/N-ethyl adjacent to an activating group) is 1. The maximum atomic E-state index is 12.6. The molecule has 9 nitrogen and oxygen atoms in total. The highest BCUT2D eigenvalue weighted by molar-refractivity contribution is 7.47. The van der Waals surface area contributed by atoms with Gasteiger partial charge in [-0.1, -0.05) is 168 Å². The van der Waals surface area contributed by atoms with Gasteiger partial charge in [0.1, 0.15) is 32.5 Å². The van der Waals surface area contributed by atoms with Crippen LogP contribution in [0.4, 0.5) is 0 Å². The average molecular weight is 735 g/mol. The SMILES string of the molecule is CCCCCCCCCCCCCCCC(=O)OCC(COC(=O)CCCCCCCCCCCCCCC)OP(=O)(O)OCC[N+](C)(C)C. The van der Waals surface area contributed by atoms with E-state index in [-0.39, 0.29) is 32.7 Å². The summed E-state index contributed by atoms with van der Waals surface area (Å²) in [6.07, 6.45) is 31.3. The molecular formula is C40H81NO8P+. The van der Waals surface area contributed by atoms with E-state index in [2.05, 4.69) is 13.8 Å². The highest BCUT2D eigenvalue weighted by atomic mass is 31.2. The molecule has 0 aliphatic rings. The summed E-state index contributed by atoms with van der Waals surface area (Å²) in [5.41, 5.74) is 0. The Labute approximate surface area is 308 Å². The van der Waals surface area contributed by atoms with Gasteiger partial charge in [-0.3, -0.25) is 18.6 Å². The van der Waals surface area contributed by atoms with Gasteiger partial charge in [-0.15, -0.1) is 0 Å². The lowest BCUT2D eigenvalue weighted by Crippen LogP contribution is -2.37. The van der Waals surface area contributed by atoms with E-state index in [9.17, 15) is 19.0 Å². The Balaban J connectivity index is 4.33. The number of quaternary nitrogens is 1. The third kappa shape index (κ3) is 36.8. The number of nitrogens with zero attached hydrogens (tertiary/aromatic N) is 1. The number of hydrogen-bond acceptors (Lipinski definition) is 7. The number of esters is 2. The zero-order valence-electron chi connectivity index (χ0n) is 33.4. The molecule has 1 N–H and O–H groups in total. The van der Waals surface area contributed by atoms with Crippen molar-refractivity contribution in [3.05, 3.63) is 0 Å². The van der Waals surface area contributed by atoms with Crippen molar-refractivity contribution < 1.29 is 42.1 Å². The predicted octanol–water partition coefficient (Wildman–Crippen LogP) is 11.2. The van der Waals surface area contributed by atoms with E-state index < -0.39 is 25.9 Å². The van der Waals surface area contributed by atoms with Crippen molar-refractivity contribution in [2.45, 2.75) is 200 Å². The first-order valence-corrected chi connectivity index (χ1v) is 22.3. The largest absolute Gasteiger partial charge is 0.472 e. The summed E-state index contributed by atoms with van der Waals surface area (Å²) < 4.78 is 34.4. The Morgan fingerprint density at radius 3 is 1.14 bits per heavy atom. The Kier molecular flexibility index (Phi) is 33.2. The molecule has 0 aliphatic heterocycles. The molecular weight excluding hydrogens is 653 g/mol. The fourth-order valence-electron chi connectivity index (χ4n) is 5.85. The first-order valence-electron chi connectivity index (χ1n) is 20.8. The van der Waals surface area contributed by atoms with Gasteiger partial charge in [0.2, 0.25) is 0 Å². The number of rotatable bonds is 38. The van der Waals surface area contributed by atoms with Gasteiger partial charge in [-0.05, 0) is 12.8 Å². The topological polar surface area (TPSA) is 108 Å². The smallest absolute Gasteiger partial charge is 0.463 e. The first-order chi connectivity index (χ1) is 24.0. The molecule has 0 aromatic carbocycles. The van der Waals surface area contributed by atoms with Gasteiger partial charge < -0.3 is 18.9 Å². The second-order valence-corrected chi connectivity index (χ2v) is 16.8. The molecule has 0 saturated heterocycles. The third-order valence-corrected chi connectivity index (χ3v) is 10.2. The lowest BCUT2D eigenvalue weighted by Gasteiger charge is -2.25. The molecule has 1 atom stereocenters. The molecule has 0 aromatic rings. The van der Waals surface area contributed by atoms with Gasteiger partial charge in [-0.25, -0.2) is 4.57 Å². The van der Waals surface area contributed by atoms with Crippen LogP contribution in [0.3, 0.4) is 0 Å². The molecule has 0 radical (unpaired) electrons. The number of carbonyl (C=O) groups is 2. The second kappa shape index (κ2) is 33.8. The van der Waals surface area contributed by atoms with E-state index >= 15 is 0 Å². The highest BCUT2D eigenvalue weighted by Crippen LogP contribution is 2.44. The summed E-state index contributed by atoms with van der Waals surface area (Å²) >= 11 is 0. The van der Waals surface area contributed by atoms with Crippen LogP contribution in [-0.2, 0) is 32.7 Å². The van der Waals surface area contributed by atoms with Gasteiger partial charge in [-0.2, -0.15) is 0 Å². The van der Waals surface area contributed by atoms with Crippen molar-refractivity contribution in [1.29, 1.82) is 0 Å². The van der Waals surface area contributed by atoms with Crippen LogP contribution in [0.5, 0.6) is 0 Å². The molecule has 0 fully saturated rings.